The molecule has 0 saturated carbocycles. The van der Waals surface area contributed by atoms with Crippen LogP contribution in [0.4, 0.5) is 10.1 Å². The van der Waals surface area contributed by atoms with Crippen LogP contribution in [0.2, 0.25) is 0 Å². The maximum Gasteiger partial charge on any atom is 0.146 e. The summed E-state index contributed by atoms with van der Waals surface area (Å²) in [4.78, 5) is 2.13. The van der Waals surface area contributed by atoms with Crippen LogP contribution in [0.15, 0.2) is 29.8 Å². The van der Waals surface area contributed by atoms with Gasteiger partial charge in [-0.2, -0.15) is 0 Å². The fourth-order valence-corrected chi connectivity index (χ4v) is 2.34. The molecule has 1 N–H and O–H groups in total. The van der Waals surface area contributed by atoms with Crippen LogP contribution >= 0.6 is 0 Å². The van der Waals surface area contributed by atoms with Gasteiger partial charge in [0.1, 0.15) is 5.82 Å². The highest BCUT2D eigenvalue weighted by Gasteiger charge is 2.20. The van der Waals surface area contributed by atoms with Crippen molar-refractivity contribution in [3.8, 4) is 0 Å². The standard InChI is InChI=1S/C15H21FN2/c1-11-7-9-18(10-8-11)15-13(12(2)17-3)5-4-6-14(15)16/h4-7,12,17H,8-10H2,1-3H3. The van der Waals surface area contributed by atoms with Gasteiger partial charge in [-0.1, -0.05) is 23.8 Å². The highest BCUT2D eigenvalue weighted by molar-refractivity contribution is 5.57. The molecule has 0 fully saturated rings. The summed E-state index contributed by atoms with van der Waals surface area (Å²) in [5, 5.41) is 3.19. The van der Waals surface area contributed by atoms with Crippen molar-refractivity contribution in [3.05, 3.63) is 41.2 Å². The maximum atomic E-state index is 14.1. The van der Waals surface area contributed by atoms with Crippen LogP contribution < -0.4 is 10.2 Å². The number of rotatable bonds is 3. The predicted octanol–water partition coefficient (Wildman–Crippen LogP) is 3.26. The molecule has 2 rings (SSSR count). The van der Waals surface area contributed by atoms with Crippen molar-refractivity contribution in [3.63, 3.8) is 0 Å². The van der Waals surface area contributed by atoms with Crippen LogP contribution in [0.1, 0.15) is 31.9 Å². The summed E-state index contributed by atoms with van der Waals surface area (Å²) < 4.78 is 14.1. The molecule has 1 aliphatic rings. The molecule has 2 nitrogen and oxygen atoms in total. The number of nitrogens with zero attached hydrogens (tertiary/aromatic N) is 1. The lowest BCUT2D eigenvalue weighted by Gasteiger charge is -2.31. The van der Waals surface area contributed by atoms with Gasteiger partial charge in [-0.05, 0) is 38.9 Å². The molecule has 98 valence electrons. The molecule has 0 spiro atoms. The number of hydrogen-bond acceptors (Lipinski definition) is 2. The smallest absolute Gasteiger partial charge is 0.146 e. The van der Waals surface area contributed by atoms with Gasteiger partial charge in [-0.15, -0.1) is 0 Å². The van der Waals surface area contributed by atoms with Gasteiger partial charge in [-0.25, -0.2) is 4.39 Å². The summed E-state index contributed by atoms with van der Waals surface area (Å²) in [7, 11) is 1.90. The van der Waals surface area contributed by atoms with Gasteiger partial charge in [-0.3, -0.25) is 0 Å². The molecule has 0 radical (unpaired) electrons. The Balaban J connectivity index is 2.37. The lowest BCUT2D eigenvalue weighted by molar-refractivity contribution is 0.597. The SMILES string of the molecule is CNC(C)c1cccc(F)c1N1CC=C(C)CC1. The average molecular weight is 248 g/mol. The molecule has 0 aromatic heterocycles. The zero-order valence-corrected chi connectivity index (χ0v) is 11.3. The molecule has 1 aliphatic heterocycles. The third-order valence-corrected chi connectivity index (χ3v) is 3.67. The van der Waals surface area contributed by atoms with Crippen molar-refractivity contribution < 1.29 is 4.39 Å². The summed E-state index contributed by atoms with van der Waals surface area (Å²) >= 11 is 0. The Kier molecular flexibility index (Phi) is 4.02. The normalized spacial score (nSPS) is 17.6. The Labute approximate surface area is 108 Å². The molecular weight excluding hydrogens is 227 g/mol. The van der Waals surface area contributed by atoms with Crippen LogP contribution in [0.25, 0.3) is 0 Å². The van der Waals surface area contributed by atoms with E-state index in [1.165, 1.54) is 5.57 Å². The van der Waals surface area contributed by atoms with Crippen LogP contribution in [-0.2, 0) is 0 Å². The lowest BCUT2D eigenvalue weighted by Crippen LogP contribution is -2.31. The molecule has 0 saturated heterocycles. The van der Waals surface area contributed by atoms with E-state index < -0.39 is 0 Å². The third kappa shape index (κ3) is 2.56. The molecule has 1 unspecified atom stereocenters. The van der Waals surface area contributed by atoms with E-state index in [9.17, 15) is 4.39 Å². The van der Waals surface area contributed by atoms with E-state index in [1.54, 1.807) is 12.1 Å². The fraction of sp³-hybridized carbons (Fsp3) is 0.467. The van der Waals surface area contributed by atoms with E-state index in [4.69, 9.17) is 0 Å². The first-order chi connectivity index (χ1) is 8.63. The molecule has 18 heavy (non-hydrogen) atoms. The van der Waals surface area contributed by atoms with Gasteiger partial charge >= 0.3 is 0 Å². The minimum absolute atomic E-state index is 0.123. The van der Waals surface area contributed by atoms with E-state index in [0.29, 0.717) is 0 Å². The topological polar surface area (TPSA) is 15.3 Å². The number of anilines is 1. The third-order valence-electron chi connectivity index (χ3n) is 3.67. The Bertz CT molecular complexity index is 454. The maximum absolute atomic E-state index is 14.1. The van der Waals surface area contributed by atoms with E-state index in [0.717, 1.165) is 30.8 Å². The zero-order chi connectivity index (χ0) is 13.1. The molecule has 1 aromatic rings. The predicted molar refractivity (Wildman–Crippen MR) is 74.5 cm³/mol. The Morgan fingerprint density at radius 2 is 2.17 bits per heavy atom. The summed E-state index contributed by atoms with van der Waals surface area (Å²) in [5.74, 6) is -0.123. The fourth-order valence-electron chi connectivity index (χ4n) is 2.34. The van der Waals surface area contributed by atoms with E-state index >= 15 is 0 Å². The molecular formula is C15H21FN2. The minimum atomic E-state index is -0.123. The first kappa shape index (κ1) is 13.1. The number of halogens is 1. The average Bonchev–Trinajstić information content (AvgIpc) is 2.39. The van der Waals surface area contributed by atoms with E-state index in [1.807, 2.05) is 13.1 Å². The van der Waals surface area contributed by atoms with E-state index in [2.05, 4.69) is 30.1 Å². The minimum Gasteiger partial charge on any atom is -0.365 e. The first-order valence-electron chi connectivity index (χ1n) is 6.49. The van der Waals surface area contributed by atoms with Crippen LogP contribution in [0.5, 0.6) is 0 Å². The van der Waals surface area contributed by atoms with Crippen LogP contribution in [-0.4, -0.2) is 20.1 Å². The highest BCUT2D eigenvalue weighted by atomic mass is 19.1. The van der Waals surface area contributed by atoms with Gasteiger partial charge in [0.15, 0.2) is 0 Å². The zero-order valence-electron chi connectivity index (χ0n) is 11.3. The van der Waals surface area contributed by atoms with Crippen molar-refractivity contribution in [1.29, 1.82) is 0 Å². The quantitative estimate of drug-likeness (QED) is 0.826. The molecule has 0 aliphatic carbocycles. The van der Waals surface area contributed by atoms with Crippen LogP contribution in [0, 0.1) is 5.82 Å². The first-order valence-corrected chi connectivity index (χ1v) is 6.49. The van der Waals surface area contributed by atoms with Gasteiger partial charge < -0.3 is 10.2 Å². The molecule has 3 heteroatoms. The lowest BCUT2D eigenvalue weighted by atomic mass is 10.0. The van der Waals surface area contributed by atoms with Crippen molar-refractivity contribution >= 4 is 5.69 Å². The monoisotopic (exact) mass is 248 g/mol. The number of nitrogens with one attached hydrogen (secondary N) is 1. The molecule has 0 amide bonds. The number of para-hydroxylation sites is 1. The van der Waals surface area contributed by atoms with Gasteiger partial charge in [0.25, 0.3) is 0 Å². The second kappa shape index (κ2) is 5.53. The molecule has 1 heterocycles. The Morgan fingerprint density at radius 1 is 1.39 bits per heavy atom. The molecule has 1 aromatic carbocycles. The number of benzene rings is 1. The van der Waals surface area contributed by atoms with E-state index in [-0.39, 0.29) is 11.9 Å². The second-order valence-electron chi connectivity index (χ2n) is 4.93. The number of hydrogen-bond donors (Lipinski definition) is 1. The van der Waals surface area contributed by atoms with Gasteiger partial charge in [0.2, 0.25) is 0 Å². The Hall–Kier alpha value is -1.35. The van der Waals surface area contributed by atoms with Gasteiger partial charge in [0.05, 0.1) is 5.69 Å². The van der Waals surface area contributed by atoms with Crippen molar-refractivity contribution in [2.24, 2.45) is 0 Å². The van der Waals surface area contributed by atoms with Crippen LogP contribution in [0.3, 0.4) is 0 Å². The molecule has 0 bridgehead atoms. The van der Waals surface area contributed by atoms with Crippen molar-refractivity contribution in [2.75, 3.05) is 25.0 Å². The van der Waals surface area contributed by atoms with Crippen molar-refractivity contribution in [1.82, 2.24) is 5.32 Å². The van der Waals surface area contributed by atoms with Gasteiger partial charge in [0, 0.05) is 19.1 Å². The summed E-state index contributed by atoms with van der Waals surface area (Å²) in [6.45, 7) is 5.89. The summed E-state index contributed by atoms with van der Waals surface area (Å²) in [6.07, 6.45) is 3.20. The second-order valence-corrected chi connectivity index (χ2v) is 4.93. The van der Waals surface area contributed by atoms with Crippen molar-refractivity contribution in [2.45, 2.75) is 26.3 Å². The highest BCUT2D eigenvalue weighted by Crippen LogP contribution is 2.30. The molecule has 1 atom stereocenters. The Morgan fingerprint density at radius 3 is 2.78 bits per heavy atom. The summed E-state index contributed by atoms with van der Waals surface area (Å²) in [5.41, 5.74) is 3.18. The largest absolute Gasteiger partial charge is 0.365 e. The summed E-state index contributed by atoms with van der Waals surface area (Å²) in [6, 6.07) is 5.49.